The van der Waals surface area contributed by atoms with Gasteiger partial charge in [0.05, 0.1) is 13.2 Å². The van der Waals surface area contributed by atoms with E-state index in [0.717, 1.165) is 4.90 Å². The average molecular weight is 310 g/mol. The van der Waals surface area contributed by atoms with Gasteiger partial charge in [0.25, 0.3) is 0 Å². The third-order valence-electron chi connectivity index (χ3n) is 3.07. The summed E-state index contributed by atoms with van der Waals surface area (Å²) in [6.45, 7) is 5.54. The Morgan fingerprint density at radius 2 is 1.57 bits per heavy atom. The van der Waals surface area contributed by atoms with E-state index >= 15 is 0 Å². The summed E-state index contributed by atoms with van der Waals surface area (Å²) in [7, 11) is 0. The van der Waals surface area contributed by atoms with Gasteiger partial charge in [-0.2, -0.15) is 0 Å². The van der Waals surface area contributed by atoms with E-state index in [2.05, 4.69) is 0 Å². The Kier molecular flexibility index (Phi) is 7.29. The van der Waals surface area contributed by atoms with Crippen LogP contribution >= 0.6 is 11.8 Å². The van der Waals surface area contributed by atoms with Gasteiger partial charge < -0.3 is 9.47 Å². The van der Waals surface area contributed by atoms with Crippen molar-refractivity contribution in [2.24, 2.45) is 5.41 Å². The van der Waals surface area contributed by atoms with Crippen molar-refractivity contribution in [3.05, 3.63) is 30.3 Å². The van der Waals surface area contributed by atoms with Gasteiger partial charge in [0.2, 0.25) is 0 Å². The molecule has 0 aliphatic heterocycles. The highest BCUT2D eigenvalue weighted by atomic mass is 32.2. The zero-order valence-corrected chi connectivity index (χ0v) is 13.6. The number of carbonyl (C=O) groups is 2. The lowest BCUT2D eigenvalue weighted by Gasteiger charge is -2.24. The standard InChI is InChI=1S/C16H22O4S/c1-4-19-14(17)16(3,15(18)20-5-2)11-12-21-13-9-7-6-8-10-13/h6-10H,4-5,11-12H2,1-3H3. The SMILES string of the molecule is CCOC(=O)C(C)(CCSc1ccccc1)C(=O)OCC. The van der Waals surface area contributed by atoms with Gasteiger partial charge in [-0.05, 0) is 45.1 Å². The predicted molar refractivity (Wildman–Crippen MR) is 83.2 cm³/mol. The van der Waals surface area contributed by atoms with Crippen LogP contribution in [0.2, 0.25) is 0 Å². The zero-order chi connectivity index (χ0) is 15.7. The molecule has 0 spiro atoms. The third kappa shape index (κ3) is 5.08. The van der Waals surface area contributed by atoms with E-state index in [0.29, 0.717) is 12.2 Å². The first-order valence-electron chi connectivity index (χ1n) is 7.07. The minimum Gasteiger partial charge on any atom is -0.465 e. The van der Waals surface area contributed by atoms with E-state index < -0.39 is 17.4 Å². The molecule has 116 valence electrons. The number of thioether (sulfide) groups is 1. The molecule has 5 heteroatoms. The molecular formula is C16H22O4S. The third-order valence-corrected chi connectivity index (χ3v) is 4.08. The molecule has 0 unspecified atom stereocenters. The van der Waals surface area contributed by atoms with Crippen LogP contribution in [0.5, 0.6) is 0 Å². The Hall–Kier alpha value is -1.49. The molecule has 0 fully saturated rings. The highest BCUT2D eigenvalue weighted by Crippen LogP contribution is 2.30. The van der Waals surface area contributed by atoms with Crippen molar-refractivity contribution in [1.82, 2.24) is 0 Å². The quantitative estimate of drug-likeness (QED) is 0.419. The van der Waals surface area contributed by atoms with Crippen molar-refractivity contribution < 1.29 is 19.1 Å². The molecule has 0 aliphatic carbocycles. The maximum atomic E-state index is 12.1. The van der Waals surface area contributed by atoms with E-state index in [1.54, 1.807) is 32.5 Å². The van der Waals surface area contributed by atoms with Crippen LogP contribution in [0.3, 0.4) is 0 Å². The molecule has 0 aromatic heterocycles. The first-order chi connectivity index (χ1) is 10.0. The number of esters is 2. The lowest BCUT2D eigenvalue weighted by Crippen LogP contribution is -2.40. The van der Waals surface area contributed by atoms with Crippen LogP contribution in [0.4, 0.5) is 0 Å². The fourth-order valence-corrected chi connectivity index (χ4v) is 2.85. The van der Waals surface area contributed by atoms with Gasteiger partial charge in [0.1, 0.15) is 0 Å². The summed E-state index contributed by atoms with van der Waals surface area (Å²) in [6.07, 6.45) is 0.379. The van der Waals surface area contributed by atoms with Crippen molar-refractivity contribution in [2.75, 3.05) is 19.0 Å². The molecule has 1 aromatic rings. The van der Waals surface area contributed by atoms with Crippen molar-refractivity contribution in [3.8, 4) is 0 Å². The van der Waals surface area contributed by atoms with Gasteiger partial charge in [0, 0.05) is 4.90 Å². The van der Waals surface area contributed by atoms with Gasteiger partial charge in [-0.25, -0.2) is 0 Å². The minimum atomic E-state index is -1.24. The van der Waals surface area contributed by atoms with Crippen LogP contribution in [-0.4, -0.2) is 30.9 Å². The molecule has 0 N–H and O–H groups in total. The van der Waals surface area contributed by atoms with Gasteiger partial charge in [-0.3, -0.25) is 9.59 Å². The largest absolute Gasteiger partial charge is 0.465 e. The van der Waals surface area contributed by atoms with E-state index in [-0.39, 0.29) is 13.2 Å². The Labute approximate surface area is 130 Å². The molecule has 0 radical (unpaired) electrons. The maximum Gasteiger partial charge on any atom is 0.323 e. The molecule has 0 heterocycles. The van der Waals surface area contributed by atoms with Crippen LogP contribution in [0.15, 0.2) is 35.2 Å². The van der Waals surface area contributed by atoms with E-state index in [4.69, 9.17) is 9.47 Å². The summed E-state index contributed by atoms with van der Waals surface area (Å²) in [4.78, 5) is 25.3. The second-order valence-electron chi connectivity index (χ2n) is 4.68. The molecule has 0 amide bonds. The summed E-state index contributed by atoms with van der Waals surface area (Å²) >= 11 is 1.60. The topological polar surface area (TPSA) is 52.6 Å². The van der Waals surface area contributed by atoms with Crippen molar-refractivity contribution in [3.63, 3.8) is 0 Å². The number of rotatable bonds is 8. The van der Waals surface area contributed by atoms with Gasteiger partial charge in [-0.15, -0.1) is 11.8 Å². The van der Waals surface area contributed by atoms with Crippen LogP contribution in [0, 0.1) is 5.41 Å². The molecule has 0 saturated heterocycles. The fourth-order valence-electron chi connectivity index (χ4n) is 1.76. The Balaban J connectivity index is 2.68. The molecule has 0 saturated carbocycles. The molecule has 0 bridgehead atoms. The number of ether oxygens (including phenoxy) is 2. The second-order valence-corrected chi connectivity index (χ2v) is 5.85. The van der Waals surface area contributed by atoms with Crippen molar-refractivity contribution >= 4 is 23.7 Å². The number of hydrogen-bond acceptors (Lipinski definition) is 5. The molecular weight excluding hydrogens is 288 g/mol. The first-order valence-corrected chi connectivity index (χ1v) is 8.05. The summed E-state index contributed by atoms with van der Waals surface area (Å²) in [6, 6.07) is 9.86. The van der Waals surface area contributed by atoms with Crippen LogP contribution in [-0.2, 0) is 19.1 Å². The Bertz CT molecular complexity index is 441. The second kappa shape index (κ2) is 8.72. The van der Waals surface area contributed by atoms with Crippen molar-refractivity contribution in [2.45, 2.75) is 32.1 Å². The summed E-state index contributed by atoms with van der Waals surface area (Å²) in [5.74, 6) is -0.396. The van der Waals surface area contributed by atoms with Gasteiger partial charge >= 0.3 is 11.9 Å². The van der Waals surface area contributed by atoms with E-state index in [9.17, 15) is 9.59 Å². The first kappa shape index (κ1) is 17.6. The average Bonchev–Trinajstić information content (AvgIpc) is 2.48. The number of benzene rings is 1. The molecule has 1 rings (SSSR count). The van der Waals surface area contributed by atoms with Gasteiger partial charge in [0.15, 0.2) is 5.41 Å². The Morgan fingerprint density at radius 3 is 2.05 bits per heavy atom. The van der Waals surface area contributed by atoms with Crippen LogP contribution in [0.1, 0.15) is 27.2 Å². The van der Waals surface area contributed by atoms with Crippen LogP contribution in [0.25, 0.3) is 0 Å². The monoisotopic (exact) mass is 310 g/mol. The molecule has 4 nitrogen and oxygen atoms in total. The van der Waals surface area contributed by atoms with Crippen LogP contribution < -0.4 is 0 Å². The maximum absolute atomic E-state index is 12.1. The molecule has 0 aliphatic rings. The molecule has 0 atom stereocenters. The van der Waals surface area contributed by atoms with Gasteiger partial charge in [-0.1, -0.05) is 18.2 Å². The Morgan fingerprint density at radius 1 is 1.05 bits per heavy atom. The highest BCUT2D eigenvalue weighted by Gasteiger charge is 2.43. The predicted octanol–water partition coefficient (Wildman–Crippen LogP) is 3.30. The molecule has 21 heavy (non-hydrogen) atoms. The summed E-state index contributed by atoms with van der Waals surface area (Å²) in [5, 5.41) is 0. The highest BCUT2D eigenvalue weighted by molar-refractivity contribution is 7.99. The smallest absolute Gasteiger partial charge is 0.323 e. The fraction of sp³-hybridized carbons (Fsp3) is 0.500. The summed E-state index contributed by atoms with van der Waals surface area (Å²) in [5.41, 5.74) is -1.24. The number of carbonyl (C=O) groups excluding carboxylic acids is 2. The zero-order valence-electron chi connectivity index (χ0n) is 12.8. The van der Waals surface area contributed by atoms with Crippen molar-refractivity contribution in [1.29, 1.82) is 0 Å². The minimum absolute atomic E-state index is 0.250. The van der Waals surface area contributed by atoms with E-state index in [1.807, 2.05) is 30.3 Å². The normalized spacial score (nSPS) is 11.0. The lowest BCUT2D eigenvalue weighted by molar-refractivity contribution is -0.170. The van der Waals surface area contributed by atoms with E-state index in [1.165, 1.54) is 0 Å². The lowest BCUT2D eigenvalue weighted by atomic mass is 9.87. The summed E-state index contributed by atoms with van der Waals surface area (Å²) < 4.78 is 10.1. The molecule has 1 aromatic carbocycles. The number of hydrogen-bond donors (Lipinski definition) is 0.